The molecule has 4 aromatic rings. The van der Waals surface area contributed by atoms with Crippen LogP contribution in [0.1, 0.15) is 19.5 Å². The van der Waals surface area contributed by atoms with Gasteiger partial charge in [-0.3, -0.25) is 4.90 Å². The quantitative estimate of drug-likeness (QED) is 0.478. The van der Waals surface area contributed by atoms with Crippen LogP contribution in [0.15, 0.2) is 42.7 Å². The van der Waals surface area contributed by atoms with E-state index in [2.05, 4.69) is 9.97 Å². The molecule has 1 aromatic carbocycles. The number of anilines is 1. The van der Waals surface area contributed by atoms with Gasteiger partial charge in [-0.1, -0.05) is 6.07 Å². The van der Waals surface area contributed by atoms with E-state index in [1.54, 1.807) is 35.9 Å². The lowest BCUT2D eigenvalue weighted by atomic mass is 10.1. The first-order valence-electron chi connectivity index (χ1n) is 10.7. The van der Waals surface area contributed by atoms with Crippen LogP contribution in [0.5, 0.6) is 0 Å². The number of carbonyl (C=O) groups is 1. The Morgan fingerprint density at radius 3 is 2.45 bits per heavy atom. The number of halogens is 2. The molecule has 0 unspecified atom stereocenters. The molecule has 9 heteroatoms. The normalized spacial score (nSPS) is 18.9. The highest BCUT2D eigenvalue weighted by Gasteiger charge is 2.33. The van der Waals surface area contributed by atoms with E-state index in [0.717, 1.165) is 0 Å². The Bertz CT molecular complexity index is 1390. The van der Waals surface area contributed by atoms with E-state index in [0.29, 0.717) is 41.1 Å². The SMILES string of the molecule is Cc1cn2cc(-c3ccc4cc(N5C[C@H](C)N(C(=O)O)[C@@H](C)C5)cc(F)c4n3)cc(F)c2n1. The highest BCUT2D eigenvalue weighted by Crippen LogP contribution is 2.30. The maximum Gasteiger partial charge on any atom is 0.407 e. The summed E-state index contributed by atoms with van der Waals surface area (Å²) in [5.41, 5.74) is 2.79. The Kier molecular flexibility index (Phi) is 4.92. The second kappa shape index (κ2) is 7.68. The maximum absolute atomic E-state index is 15.1. The average molecular weight is 451 g/mol. The summed E-state index contributed by atoms with van der Waals surface area (Å²) in [6, 6.07) is 7.71. The van der Waals surface area contributed by atoms with E-state index < -0.39 is 17.7 Å². The van der Waals surface area contributed by atoms with Gasteiger partial charge in [0.25, 0.3) is 0 Å². The van der Waals surface area contributed by atoms with Crippen LogP contribution in [-0.2, 0) is 0 Å². The zero-order valence-electron chi connectivity index (χ0n) is 18.5. The summed E-state index contributed by atoms with van der Waals surface area (Å²) in [5, 5.41) is 10.0. The van der Waals surface area contributed by atoms with Gasteiger partial charge in [0.15, 0.2) is 17.3 Å². The minimum atomic E-state index is -0.948. The number of nitrogens with zero attached hydrogens (tertiary/aromatic N) is 5. The van der Waals surface area contributed by atoms with Crippen molar-refractivity contribution in [3.05, 3.63) is 60.1 Å². The molecule has 0 saturated carbocycles. The zero-order chi connectivity index (χ0) is 23.4. The van der Waals surface area contributed by atoms with Gasteiger partial charge in [-0.05, 0) is 45.0 Å². The predicted molar refractivity (Wildman–Crippen MR) is 122 cm³/mol. The fourth-order valence-corrected chi connectivity index (χ4v) is 4.75. The van der Waals surface area contributed by atoms with Gasteiger partial charge in [0.05, 0.1) is 23.5 Å². The minimum absolute atomic E-state index is 0.198. The molecule has 7 nitrogen and oxygen atoms in total. The van der Waals surface area contributed by atoms with Crippen molar-refractivity contribution in [1.29, 1.82) is 0 Å². The molecule has 1 aliphatic rings. The smallest absolute Gasteiger partial charge is 0.407 e. The first kappa shape index (κ1) is 21.1. The van der Waals surface area contributed by atoms with Gasteiger partial charge in [0, 0.05) is 42.1 Å². The number of benzene rings is 1. The molecule has 2 atom stereocenters. The molecule has 1 aliphatic heterocycles. The van der Waals surface area contributed by atoms with Gasteiger partial charge in [-0.25, -0.2) is 23.5 Å². The van der Waals surface area contributed by atoms with E-state index in [9.17, 15) is 14.3 Å². The third kappa shape index (κ3) is 3.63. The number of carboxylic acid groups (broad SMARTS) is 1. The van der Waals surface area contributed by atoms with Crippen molar-refractivity contribution in [3.8, 4) is 11.3 Å². The third-order valence-electron chi connectivity index (χ3n) is 6.16. The summed E-state index contributed by atoms with van der Waals surface area (Å²) in [7, 11) is 0. The summed E-state index contributed by atoms with van der Waals surface area (Å²) < 4.78 is 31.3. The van der Waals surface area contributed by atoms with Crippen LogP contribution < -0.4 is 4.90 Å². The van der Waals surface area contributed by atoms with Crippen molar-refractivity contribution in [2.75, 3.05) is 18.0 Å². The number of aryl methyl sites for hydroxylation is 1. The Balaban J connectivity index is 1.51. The molecule has 170 valence electrons. The zero-order valence-corrected chi connectivity index (χ0v) is 18.5. The molecule has 1 saturated heterocycles. The van der Waals surface area contributed by atoms with E-state index in [-0.39, 0.29) is 23.2 Å². The number of amides is 1. The number of fused-ring (bicyclic) bond motifs is 2. The molecular formula is C24H23F2N5O2. The summed E-state index contributed by atoms with van der Waals surface area (Å²) in [5.74, 6) is -0.951. The van der Waals surface area contributed by atoms with Crippen LogP contribution in [0.25, 0.3) is 27.8 Å². The lowest BCUT2D eigenvalue weighted by Gasteiger charge is -2.44. The number of pyridine rings is 2. The highest BCUT2D eigenvalue weighted by molar-refractivity contribution is 5.85. The van der Waals surface area contributed by atoms with Gasteiger partial charge in [-0.2, -0.15) is 0 Å². The van der Waals surface area contributed by atoms with Crippen LogP contribution in [0.3, 0.4) is 0 Å². The van der Waals surface area contributed by atoms with E-state index in [1.807, 2.05) is 24.8 Å². The fraction of sp³-hybridized carbons (Fsp3) is 0.292. The lowest BCUT2D eigenvalue weighted by Crippen LogP contribution is -2.58. The fourth-order valence-electron chi connectivity index (χ4n) is 4.75. The monoisotopic (exact) mass is 451 g/mol. The first-order valence-corrected chi connectivity index (χ1v) is 10.7. The number of imidazole rings is 1. The van der Waals surface area contributed by atoms with Crippen LogP contribution in [0.2, 0.25) is 0 Å². The Morgan fingerprint density at radius 1 is 1.03 bits per heavy atom. The predicted octanol–water partition coefficient (Wildman–Crippen LogP) is 4.71. The molecule has 0 bridgehead atoms. The highest BCUT2D eigenvalue weighted by atomic mass is 19.1. The molecule has 1 N–H and O–H groups in total. The summed E-state index contributed by atoms with van der Waals surface area (Å²) in [6.45, 7) is 6.42. The second-order valence-electron chi connectivity index (χ2n) is 8.68. The molecular weight excluding hydrogens is 428 g/mol. The second-order valence-corrected chi connectivity index (χ2v) is 8.68. The standard InChI is InChI=1S/C24H23F2N5O2/c1-13-9-30-12-17(7-20(26)23(30)27-13)21-5-4-16-6-18(8-19(25)22(16)28-21)29-10-14(2)31(24(32)33)15(3)11-29/h4-9,12,14-15H,10-11H2,1-3H3,(H,32,33)/t14-,15-/m0/s1. The van der Waals surface area contributed by atoms with Crippen LogP contribution in [0, 0.1) is 18.6 Å². The van der Waals surface area contributed by atoms with Crippen molar-refractivity contribution in [2.45, 2.75) is 32.9 Å². The van der Waals surface area contributed by atoms with Crippen molar-refractivity contribution >= 4 is 28.3 Å². The van der Waals surface area contributed by atoms with Crippen molar-refractivity contribution in [1.82, 2.24) is 19.3 Å². The minimum Gasteiger partial charge on any atom is -0.465 e. The number of aromatic nitrogens is 3. The third-order valence-corrected chi connectivity index (χ3v) is 6.16. The molecule has 0 spiro atoms. The number of hydrogen-bond donors (Lipinski definition) is 1. The molecule has 0 aliphatic carbocycles. The molecule has 33 heavy (non-hydrogen) atoms. The van der Waals surface area contributed by atoms with E-state index in [4.69, 9.17) is 0 Å². The maximum atomic E-state index is 15.1. The average Bonchev–Trinajstić information content (AvgIpc) is 3.13. The molecule has 1 amide bonds. The van der Waals surface area contributed by atoms with Crippen LogP contribution in [-0.4, -0.2) is 55.6 Å². The largest absolute Gasteiger partial charge is 0.465 e. The van der Waals surface area contributed by atoms with Crippen molar-refractivity contribution < 1.29 is 18.7 Å². The lowest BCUT2D eigenvalue weighted by molar-refractivity contribution is 0.0982. The van der Waals surface area contributed by atoms with Gasteiger partial charge in [-0.15, -0.1) is 0 Å². The molecule has 5 rings (SSSR count). The Hall–Kier alpha value is -3.75. The van der Waals surface area contributed by atoms with E-state index >= 15 is 4.39 Å². The van der Waals surface area contributed by atoms with Crippen molar-refractivity contribution in [3.63, 3.8) is 0 Å². The Morgan fingerprint density at radius 2 is 1.76 bits per heavy atom. The van der Waals surface area contributed by atoms with Crippen LogP contribution >= 0.6 is 0 Å². The molecule has 1 fully saturated rings. The summed E-state index contributed by atoms with van der Waals surface area (Å²) >= 11 is 0. The van der Waals surface area contributed by atoms with Gasteiger partial charge < -0.3 is 14.4 Å². The molecule has 4 heterocycles. The van der Waals surface area contributed by atoms with Crippen molar-refractivity contribution in [2.24, 2.45) is 0 Å². The Labute approximate surface area is 188 Å². The van der Waals surface area contributed by atoms with Crippen LogP contribution in [0.4, 0.5) is 19.3 Å². The van der Waals surface area contributed by atoms with Gasteiger partial charge in [0.1, 0.15) is 5.52 Å². The summed E-state index contributed by atoms with van der Waals surface area (Å²) in [6.07, 6.45) is 2.50. The topological polar surface area (TPSA) is 74.0 Å². The number of rotatable bonds is 2. The van der Waals surface area contributed by atoms with Gasteiger partial charge in [0.2, 0.25) is 0 Å². The van der Waals surface area contributed by atoms with E-state index in [1.165, 1.54) is 17.0 Å². The first-order chi connectivity index (χ1) is 15.7. The molecule has 3 aromatic heterocycles. The van der Waals surface area contributed by atoms with Gasteiger partial charge >= 0.3 is 6.09 Å². The number of piperazine rings is 1. The number of hydrogen-bond acceptors (Lipinski definition) is 4. The molecule has 0 radical (unpaired) electrons. The summed E-state index contributed by atoms with van der Waals surface area (Å²) in [4.78, 5) is 23.6.